The predicted octanol–water partition coefficient (Wildman–Crippen LogP) is 2.26. The Labute approximate surface area is 158 Å². The van der Waals surface area contributed by atoms with E-state index in [0.29, 0.717) is 31.0 Å². The van der Waals surface area contributed by atoms with Gasteiger partial charge in [0, 0.05) is 36.1 Å². The van der Waals surface area contributed by atoms with Crippen molar-refractivity contribution in [3.05, 3.63) is 18.5 Å². The summed E-state index contributed by atoms with van der Waals surface area (Å²) in [7, 11) is -2.47. The molecule has 2 aliphatic heterocycles. The zero-order valence-corrected chi connectivity index (χ0v) is 16.3. The van der Waals surface area contributed by atoms with E-state index in [9.17, 15) is 9.00 Å². The third kappa shape index (κ3) is 3.84. The Bertz CT molecular complexity index is 785. The molecule has 2 saturated heterocycles. The van der Waals surface area contributed by atoms with Crippen LogP contribution in [-0.4, -0.2) is 56.3 Å². The van der Waals surface area contributed by atoms with Gasteiger partial charge in [-0.3, -0.25) is 4.79 Å². The molecule has 1 atom stereocenters. The highest BCUT2D eigenvalue weighted by Crippen LogP contribution is 2.34. The largest absolute Gasteiger partial charge is 0.371 e. The molecule has 1 unspecified atom stereocenters. The predicted molar refractivity (Wildman–Crippen MR) is 102 cm³/mol. The summed E-state index contributed by atoms with van der Waals surface area (Å²) in [6.45, 7) is 2.16. The topological polar surface area (TPSA) is 84.8 Å². The van der Waals surface area contributed by atoms with Crippen LogP contribution in [0.3, 0.4) is 0 Å². The second-order valence-electron chi connectivity index (χ2n) is 7.25. The van der Waals surface area contributed by atoms with Gasteiger partial charge in [-0.15, -0.1) is 0 Å². The number of aromatic nitrogens is 2. The molecule has 1 aromatic heterocycles. The van der Waals surface area contributed by atoms with E-state index in [1.165, 1.54) is 11.5 Å². The van der Waals surface area contributed by atoms with E-state index < -0.39 is 9.73 Å². The first-order chi connectivity index (χ1) is 12.6. The number of hydrogen-bond donors (Lipinski definition) is 0. The van der Waals surface area contributed by atoms with Gasteiger partial charge in [0.25, 0.3) is 5.91 Å². The summed E-state index contributed by atoms with van der Waals surface area (Å²) in [6.07, 6.45) is 9.69. The van der Waals surface area contributed by atoms with Crippen LogP contribution in [0.25, 0.3) is 0 Å². The molecule has 9 heteroatoms. The summed E-state index contributed by atoms with van der Waals surface area (Å²) in [5.74, 6) is 0.469. The second kappa shape index (κ2) is 7.36. The maximum Gasteiger partial charge on any atom is 0.260 e. The van der Waals surface area contributed by atoms with Crippen molar-refractivity contribution in [2.24, 2.45) is 10.3 Å². The summed E-state index contributed by atoms with van der Waals surface area (Å²) >= 11 is 1.38. The monoisotopic (exact) mass is 396 g/mol. The second-order valence-corrected chi connectivity index (χ2v) is 10.6. The van der Waals surface area contributed by atoms with Crippen LogP contribution in [0.2, 0.25) is 0 Å². The third-order valence-corrected chi connectivity index (χ3v) is 8.37. The van der Waals surface area contributed by atoms with Gasteiger partial charge in [-0.1, -0.05) is 12.2 Å². The molecule has 2 fully saturated rings. The molecule has 142 valence electrons. The molecule has 1 spiro atoms. The highest BCUT2D eigenvalue weighted by Gasteiger charge is 2.42. The quantitative estimate of drug-likeness (QED) is 0.713. The summed E-state index contributed by atoms with van der Waals surface area (Å²) in [4.78, 5) is 18.9. The van der Waals surface area contributed by atoms with Crippen LogP contribution in [0, 0.1) is 5.92 Å². The molecule has 1 aliphatic carbocycles. The van der Waals surface area contributed by atoms with E-state index in [0.717, 1.165) is 37.5 Å². The minimum Gasteiger partial charge on any atom is -0.371 e. The van der Waals surface area contributed by atoms with Crippen molar-refractivity contribution in [2.75, 3.05) is 36.1 Å². The highest BCUT2D eigenvalue weighted by atomic mass is 32.2. The smallest absolute Gasteiger partial charge is 0.260 e. The fourth-order valence-corrected chi connectivity index (χ4v) is 6.66. The average Bonchev–Trinajstić information content (AvgIpc) is 3.21. The van der Waals surface area contributed by atoms with Crippen LogP contribution >= 0.6 is 11.5 Å². The minimum atomic E-state index is -2.47. The Morgan fingerprint density at radius 3 is 2.96 bits per heavy atom. The molecular weight excluding hydrogens is 372 g/mol. The normalized spacial score (nSPS) is 34.8. The number of carbonyl (C=O) groups excluding carboxylic acids is 1. The lowest BCUT2D eigenvalue weighted by molar-refractivity contribution is -0.120. The molecule has 0 bridgehead atoms. The number of carbonyl (C=O) groups is 1. The molecule has 26 heavy (non-hydrogen) atoms. The van der Waals surface area contributed by atoms with Crippen molar-refractivity contribution in [2.45, 2.75) is 37.7 Å². The number of amides is 1. The van der Waals surface area contributed by atoms with E-state index in [1.807, 2.05) is 12.2 Å². The fourth-order valence-electron chi connectivity index (χ4n) is 3.88. The molecule has 3 aliphatic rings. The lowest BCUT2D eigenvalue weighted by Gasteiger charge is -2.45. The molecule has 0 aromatic carbocycles. The van der Waals surface area contributed by atoms with E-state index >= 15 is 0 Å². The molecule has 1 aromatic rings. The highest BCUT2D eigenvalue weighted by molar-refractivity contribution is 7.93. The standard InChI is InChI=1S/C17H24N4O3S2/c22-15(14-4-2-1-3-5-14)20-26(23)10-6-17(7-11-26)12-21(8-9-24-17)16-18-13-19-25-16/h2,4,13-14H,1,3,5-12H2. The maximum absolute atomic E-state index is 13.1. The first-order valence-corrected chi connectivity index (χ1v) is 11.8. The van der Waals surface area contributed by atoms with Crippen LogP contribution < -0.4 is 4.90 Å². The van der Waals surface area contributed by atoms with Crippen LogP contribution in [-0.2, 0) is 19.3 Å². The van der Waals surface area contributed by atoms with Gasteiger partial charge in [0.15, 0.2) is 0 Å². The number of anilines is 1. The van der Waals surface area contributed by atoms with Crippen molar-refractivity contribution in [3.8, 4) is 0 Å². The zero-order valence-electron chi connectivity index (χ0n) is 14.7. The number of allylic oxidation sites excluding steroid dienone is 1. The average molecular weight is 397 g/mol. The van der Waals surface area contributed by atoms with E-state index in [-0.39, 0.29) is 17.4 Å². The van der Waals surface area contributed by atoms with Gasteiger partial charge in [0.2, 0.25) is 5.13 Å². The number of nitrogens with zero attached hydrogens (tertiary/aromatic N) is 4. The summed E-state index contributed by atoms with van der Waals surface area (Å²) in [6, 6.07) is 0. The molecule has 3 heterocycles. The molecular formula is C17H24N4O3S2. The van der Waals surface area contributed by atoms with Crippen molar-refractivity contribution in [3.63, 3.8) is 0 Å². The van der Waals surface area contributed by atoms with E-state index in [1.54, 1.807) is 6.33 Å². The summed E-state index contributed by atoms with van der Waals surface area (Å²) < 4.78 is 27.5. The molecule has 0 radical (unpaired) electrons. The van der Waals surface area contributed by atoms with Gasteiger partial charge in [-0.05, 0) is 32.1 Å². The Balaban J connectivity index is 1.43. The SMILES string of the molecule is O=C(N=S1(=O)CCC2(CC1)CN(c1ncns1)CCO2)C1C=CCCC1. The van der Waals surface area contributed by atoms with Crippen molar-refractivity contribution < 1.29 is 13.7 Å². The van der Waals surface area contributed by atoms with E-state index in [4.69, 9.17) is 4.74 Å². The van der Waals surface area contributed by atoms with Crippen LogP contribution in [0.5, 0.6) is 0 Å². The third-order valence-electron chi connectivity index (χ3n) is 5.45. The Morgan fingerprint density at radius 2 is 2.27 bits per heavy atom. The van der Waals surface area contributed by atoms with Gasteiger partial charge in [0.05, 0.1) is 27.9 Å². The first kappa shape index (κ1) is 18.1. The lowest BCUT2D eigenvalue weighted by Crippen LogP contribution is -2.55. The minimum absolute atomic E-state index is 0.184. The fraction of sp³-hybridized carbons (Fsp3) is 0.706. The summed E-state index contributed by atoms with van der Waals surface area (Å²) in [5.41, 5.74) is -0.311. The Morgan fingerprint density at radius 1 is 1.42 bits per heavy atom. The van der Waals surface area contributed by atoms with Gasteiger partial charge < -0.3 is 9.64 Å². The number of morpholine rings is 1. The van der Waals surface area contributed by atoms with Crippen molar-refractivity contribution in [1.29, 1.82) is 0 Å². The van der Waals surface area contributed by atoms with Crippen LogP contribution in [0.1, 0.15) is 32.1 Å². The van der Waals surface area contributed by atoms with E-state index in [2.05, 4.69) is 18.6 Å². The molecule has 1 amide bonds. The number of ether oxygens (including phenoxy) is 1. The molecule has 7 nitrogen and oxygen atoms in total. The van der Waals surface area contributed by atoms with Gasteiger partial charge >= 0.3 is 0 Å². The first-order valence-electron chi connectivity index (χ1n) is 9.16. The summed E-state index contributed by atoms with van der Waals surface area (Å²) in [5, 5.41) is 0.905. The molecule has 4 rings (SSSR count). The zero-order chi connectivity index (χ0) is 18.0. The van der Waals surface area contributed by atoms with Crippen molar-refractivity contribution >= 4 is 32.3 Å². The Kier molecular flexibility index (Phi) is 5.11. The van der Waals surface area contributed by atoms with Gasteiger partial charge in [0.1, 0.15) is 6.33 Å². The molecule has 0 saturated carbocycles. The lowest BCUT2D eigenvalue weighted by atomic mass is 9.94. The van der Waals surface area contributed by atoms with Crippen LogP contribution in [0.4, 0.5) is 5.13 Å². The number of hydrogen-bond acceptors (Lipinski definition) is 7. The Hall–Kier alpha value is -1.32. The molecule has 0 N–H and O–H groups in total. The maximum atomic E-state index is 13.1. The van der Waals surface area contributed by atoms with Crippen LogP contribution in [0.15, 0.2) is 22.8 Å². The van der Waals surface area contributed by atoms with Gasteiger partial charge in [-0.2, -0.15) is 8.74 Å². The van der Waals surface area contributed by atoms with Crippen molar-refractivity contribution in [1.82, 2.24) is 9.36 Å². The van der Waals surface area contributed by atoms with Gasteiger partial charge in [-0.25, -0.2) is 9.19 Å². The number of rotatable bonds is 2.